The minimum Gasteiger partial charge on any atom is -0.457 e. The van der Waals surface area contributed by atoms with Gasteiger partial charge in [-0.15, -0.1) is 0 Å². The van der Waals surface area contributed by atoms with Crippen LogP contribution in [0, 0.1) is 17.9 Å². The van der Waals surface area contributed by atoms with E-state index in [0.29, 0.717) is 22.9 Å². The average Bonchev–Trinajstić information content (AvgIpc) is 3.82. The molecule has 2 aromatic heterocycles. The maximum absolute atomic E-state index is 11.0. The highest BCUT2D eigenvalue weighted by molar-refractivity contribution is 6.15. The van der Waals surface area contributed by atoms with Crippen LogP contribution in [0.4, 0.5) is 5.69 Å². The molecular formula is C54H30N6O. The summed E-state index contributed by atoms with van der Waals surface area (Å²) in [5, 5.41) is 13.1. The molecule has 0 atom stereocenters. The van der Waals surface area contributed by atoms with Gasteiger partial charge in [-0.2, -0.15) is 5.26 Å². The highest BCUT2D eigenvalue weighted by Gasteiger charge is 2.52. The normalized spacial score (nSPS) is 12.8. The van der Waals surface area contributed by atoms with Crippen molar-refractivity contribution >= 4 is 27.5 Å². The molecule has 1 aliphatic heterocycles. The zero-order valence-electron chi connectivity index (χ0n) is 32.4. The van der Waals surface area contributed by atoms with Crippen molar-refractivity contribution in [3.8, 4) is 68.5 Å². The van der Waals surface area contributed by atoms with Gasteiger partial charge < -0.3 is 9.30 Å². The van der Waals surface area contributed by atoms with Crippen LogP contribution in [0.1, 0.15) is 27.8 Å². The Hall–Kier alpha value is -8.65. The van der Waals surface area contributed by atoms with Gasteiger partial charge in [-0.05, 0) is 58.7 Å². The van der Waals surface area contributed by atoms with Crippen molar-refractivity contribution in [2.24, 2.45) is 0 Å². The molecule has 0 saturated carbocycles. The number of hydrogen-bond donors (Lipinski definition) is 0. The number of benzene rings is 8. The molecule has 10 aromatic rings. The minimum absolute atomic E-state index is 0.262. The SMILES string of the molecule is [C-]#[N+]c1cc(-n2c3ccccc3c3c4c(ccc32)-c2ccccc2C42c3ccccc3Oc3ccccc32)cc(C#N)c1-c1nc(-c2ccccc2)nc(-c2ccccc2)n1. The first-order valence-corrected chi connectivity index (χ1v) is 20.0. The van der Waals surface area contributed by atoms with Gasteiger partial charge in [-0.25, -0.2) is 19.8 Å². The maximum Gasteiger partial charge on any atom is 0.201 e. The smallest absolute Gasteiger partial charge is 0.201 e. The van der Waals surface area contributed by atoms with Crippen molar-refractivity contribution in [2.45, 2.75) is 5.41 Å². The fourth-order valence-electron chi connectivity index (χ4n) is 9.76. The zero-order valence-corrected chi connectivity index (χ0v) is 32.4. The third-order valence-electron chi connectivity index (χ3n) is 12.2. The summed E-state index contributed by atoms with van der Waals surface area (Å²) in [6.45, 7) is 8.56. The van der Waals surface area contributed by atoms with Gasteiger partial charge in [0.1, 0.15) is 11.5 Å². The lowest BCUT2D eigenvalue weighted by atomic mass is 9.65. The molecule has 0 amide bonds. The second-order valence-corrected chi connectivity index (χ2v) is 15.3. The van der Waals surface area contributed by atoms with Gasteiger partial charge in [-0.3, -0.25) is 0 Å². The van der Waals surface area contributed by atoms with E-state index in [-0.39, 0.29) is 17.1 Å². The molecule has 1 aliphatic carbocycles. The minimum atomic E-state index is -0.694. The Morgan fingerprint density at radius 3 is 1.79 bits per heavy atom. The molecule has 282 valence electrons. The van der Waals surface area contributed by atoms with Crippen molar-refractivity contribution < 1.29 is 4.74 Å². The van der Waals surface area contributed by atoms with Crippen molar-refractivity contribution in [1.29, 1.82) is 5.26 Å². The van der Waals surface area contributed by atoms with E-state index in [2.05, 4.69) is 106 Å². The molecular weight excluding hydrogens is 749 g/mol. The number of para-hydroxylation sites is 3. The van der Waals surface area contributed by atoms with Crippen LogP contribution in [-0.2, 0) is 5.41 Å². The lowest BCUT2D eigenvalue weighted by Crippen LogP contribution is -2.32. The van der Waals surface area contributed by atoms with E-state index in [4.69, 9.17) is 26.3 Å². The number of fused-ring (bicyclic) bond motifs is 13. The lowest BCUT2D eigenvalue weighted by molar-refractivity contribution is 0.437. The fourth-order valence-corrected chi connectivity index (χ4v) is 9.76. The van der Waals surface area contributed by atoms with Gasteiger partial charge in [0.15, 0.2) is 17.5 Å². The number of rotatable bonds is 4. The quantitative estimate of drug-likeness (QED) is 0.166. The van der Waals surface area contributed by atoms with E-state index in [1.54, 1.807) is 0 Å². The molecule has 8 aromatic carbocycles. The van der Waals surface area contributed by atoms with Gasteiger partial charge in [0, 0.05) is 44.3 Å². The van der Waals surface area contributed by atoms with Crippen LogP contribution in [0.25, 0.3) is 77.6 Å². The highest BCUT2D eigenvalue weighted by Crippen LogP contribution is 2.64. The summed E-state index contributed by atoms with van der Waals surface area (Å²) in [7, 11) is 0. The van der Waals surface area contributed by atoms with Crippen LogP contribution >= 0.6 is 0 Å². The summed E-state index contributed by atoms with van der Waals surface area (Å²) in [6, 6.07) is 63.9. The summed E-state index contributed by atoms with van der Waals surface area (Å²) in [4.78, 5) is 18.8. The summed E-state index contributed by atoms with van der Waals surface area (Å²) < 4.78 is 8.84. The summed E-state index contributed by atoms with van der Waals surface area (Å²) in [6.07, 6.45) is 0. The second-order valence-electron chi connectivity index (χ2n) is 15.3. The number of aromatic nitrogens is 4. The summed E-state index contributed by atoms with van der Waals surface area (Å²) in [5.74, 6) is 2.82. The van der Waals surface area contributed by atoms with E-state index >= 15 is 0 Å². The monoisotopic (exact) mass is 778 g/mol. The molecule has 3 heterocycles. The molecule has 2 aliphatic rings. The van der Waals surface area contributed by atoms with E-state index in [1.165, 1.54) is 16.7 Å². The number of hydrogen-bond acceptors (Lipinski definition) is 5. The molecule has 0 radical (unpaired) electrons. The first kappa shape index (κ1) is 34.4. The van der Waals surface area contributed by atoms with Crippen LogP contribution in [0.2, 0.25) is 0 Å². The topological polar surface area (TPSA) is 81.0 Å². The number of nitriles is 1. The van der Waals surface area contributed by atoms with Gasteiger partial charge in [0.2, 0.25) is 5.69 Å². The molecule has 61 heavy (non-hydrogen) atoms. The Labute approximate surface area is 350 Å². The van der Waals surface area contributed by atoms with E-state index in [0.717, 1.165) is 61.1 Å². The molecule has 0 unspecified atom stereocenters. The largest absolute Gasteiger partial charge is 0.457 e. The van der Waals surface area contributed by atoms with E-state index < -0.39 is 5.41 Å². The lowest BCUT2D eigenvalue weighted by Gasteiger charge is -2.39. The van der Waals surface area contributed by atoms with Gasteiger partial charge in [-0.1, -0.05) is 146 Å². The van der Waals surface area contributed by atoms with Crippen molar-refractivity contribution in [3.05, 3.63) is 221 Å². The highest BCUT2D eigenvalue weighted by atomic mass is 16.5. The van der Waals surface area contributed by atoms with Crippen molar-refractivity contribution in [2.75, 3.05) is 0 Å². The standard InChI is InChI=1S/C54H30N6O/c1-56-43-31-36(30-35(32-55)48(43)53-58-51(33-16-4-2-5-17-33)57-52(59-53)34-18-6-3-7-19-34)60-44-25-13-9-21-39(44)49-45(60)29-28-38-37-20-8-10-22-40(37)54(50(38)49)41-23-11-14-26-46(41)61-47-27-15-12-24-42(47)54/h2-31H. The molecule has 12 rings (SSSR count). The fraction of sp³-hybridized carbons (Fsp3) is 0.0185. The second kappa shape index (κ2) is 13.2. The molecule has 7 heteroatoms. The Morgan fingerprint density at radius 1 is 0.557 bits per heavy atom. The Balaban J connectivity index is 1.14. The first-order chi connectivity index (χ1) is 30.2. The van der Waals surface area contributed by atoms with Crippen LogP contribution in [0.3, 0.4) is 0 Å². The molecule has 1 spiro atoms. The van der Waals surface area contributed by atoms with Crippen molar-refractivity contribution in [3.63, 3.8) is 0 Å². The third kappa shape index (κ3) is 4.86. The Bertz CT molecular complexity index is 3400. The van der Waals surface area contributed by atoms with Crippen LogP contribution in [0.15, 0.2) is 182 Å². The predicted molar refractivity (Wildman–Crippen MR) is 239 cm³/mol. The van der Waals surface area contributed by atoms with E-state index in [1.807, 2.05) is 91.0 Å². The van der Waals surface area contributed by atoms with Gasteiger partial charge in [0.05, 0.1) is 34.7 Å². The third-order valence-corrected chi connectivity index (χ3v) is 12.2. The van der Waals surface area contributed by atoms with Crippen molar-refractivity contribution in [1.82, 2.24) is 19.5 Å². The Kier molecular flexibility index (Phi) is 7.44. The predicted octanol–water partition coefficient (Wildman–Crippen LogP) is 12.9. The molecule has 7 nitrogen and oxygen atoms in total. The van der Waals surface area contributed by atoms with Crippen LogP contribution in [0.5, 0.6) is 11.5 Å². The zero-order chi connectivity index (χ0) is 40.7. The maximum atomic E-state index is 11.0. The van der Waals surface area contributed by atoms with Gasteiger partial charge >= 0.3 is 0 Å². The summed E-state index contributed by atoms with van der Waals surface area (Å²) in [5.41, 5.74) is 11.3. The molecule has 0 N–H and O–H groups in total. The number of nitrogens with zero attached hydrogens (tertiary/aromatic N) is 6. The van der Waals surface area contributed by atoms with E-state index in [9.17, 15) is 5.26 Å². The Morgan fingerprint density at radius 2 is 1.13 bits per heavy atom. The van der Waals surface area contributed by atoms with Crippen LogP contribution in [-0.4, -0.2) is 19.5 Å². The first-order valence-electron chi connectivity index (χ1n) is 20.0. The average molecular weight is 779 g/mol. The van der Waals surface area contributed by atoms with Crippen LogP contribution < -0.4 is 4.74 Å². The molecule has 0 bridgehead atoms. The molecule has 0 saturated heterocycles. The summed E-state index contributed by atoms with van der Waals surface area (Å²) >= 11 is 0. The molecule has 0 fully saturated rings. The number of ether oxygens (including phenoxy) is 1. The van der Waals surface area contributed by atoms with Gasteiger partial charge in [0.25, 0.3) is 0 Å².